The van der Waals surface area contributed by atoms with Crippen molar-refractivity contribution in [3.05, 3.63) is 46.3 Å². The molecule has 0 saturated carbocycles. The van der Waals surface area contributed by atoms with Gasteiger partial charge in [0.05, 0.1) is 47.9 Å². The highest BCUT2D eigenvalue weighted by Crippen LogP contribution is 2.36. The lowest BCUT2D eigenvalue weighted by Crippen LogP contribution is -2.59. The van der Waals surface area contributed by atoms with Crippen LogP contribution in [0.4, 0.5) is 11.4 Å². The van der Waals surface area contributed by atoms with E-state index in [9.17, 15) is 35.3 Å². The van der Waals surface area contributed by atoms with Crippen LogP contribution in [0.3, 0.4) is 0 Å². The van der Waals surface area contributed by atoms with E-state index in [0.717, 1.165) is 5.69 Å². The molecule has 0 amide bonds. The zero-order valence-electron chi connectivity index (χ0n) is 35.3. The number of aliphatic hydroxyl groups excluding tert-OH is 2. The first-order chi connectivity index (χ1) is 26.6. The summed E-state index contributed by atoms with van der Waals surface area (Å²) in [6.07, 6.45) is -2.14. The molecule has 2 aliphatic rings. The third-order valence-electron chi connectivity index (χ3n) is 11.9. The minimum Gasteiger partial charge on any atom is -0.459 e. The molecule has 322 valence electrons. The van der Waals surface area contributed by atoms with Gasteiger partial charge in [-0.2, -0.15) is 0 Å². The highest BCUT2D eigenvalue weighted by molar-refractivity contribution is 5.72. The molecule has 2 saturated heterocycles. The average Bonchev–Trinajstić information content (AvgIpc) is 3.61. The van der Waals surface area contributed by atoms with E-state index in [4.69, 9.17) is 14.2 Å². The number of likely N-dealkylation sites (N-methyl/N-ethyl adjacent to an activating group) is 2. The van der Waals surface area contributed by atoms with Gasteiger partial charge in [0, 0.05) is 43.0 Å². The van der Waals surface area contributed by atoms with Crippen molar-refractivity contribution in [3.63, 3.8) is 0 Å². The number of aromatic nitrogens is 3. The Balaban J connectivity index is 1.46. The first-order valence-corrected chi connectivity index (χ1v) is 20.2. The van der Waals surface area contributed by atoms with Crippen LogP contribution in [-0.2, 0) is 32.1 Å². The van der Waals surface area contributed by atoms with Crippen LogP contribution < -0.4 is 5.32 Å². The Hall–Kier alpha value is -3.29. The third kappa shape index (κ3) is 11.9. The zero-order valence-corrected chi connectivity index (χ0v) is 35.3. The summed E-state index contributed by atoms with van der Waals surface area (Å²) in [6, 6.07) is 5.31. The lowest BCUT2D eigenvalue weighted by molar-refractivity contribution is -0.384. The number of hydrogen-bond donors (Lipinski definition) is 5. The van der Waals surface area contributed by atoms with E-state index < -0.39 is 64.8 Å². The summed E-state index contributed by atoms with van der Waals surface area (Å²) < 4.78 is 20.5. The number of hydrogen-bond acceptors (Lipinski definition) is 15. The molecule has 2 fully saturated rings. The second-order valence-electron chi connectivity index (χ2n) is 17.2. The molecule has 3 heterocycles. The van der Waals surface area contributed by atoms with Gasteiger partial charge in [-0.1, -0.05) is 32.9 Å². The SMILES string of the molecule is CC[C@H]1OC(=O)[C@H](C)C[C@H](C)[C@@H](O[C@@H]2O[C@H](C)C[C@H](N(C)CCn3cc(CNc4ccc([N+](=O)[O-])cc4)nn3)[C@H]2O)[C@](C)(O)C[C@@H](C)CN(C)[C@H](C)[C@@H](O)[C@]1(C)O. The summed E-state index contributed by atoms with van der Waals surface area (Å²) in [5, 5.41) is 69.4. The normalized spacial score (nSPS) is 36.6. The predicted molar refractivity (Wildman–Crippen MR) is 213 cm³/mol. The molecule has 0 unspecified atom stereocenters. The Kier molecular flexibility index (Phi) is 16.0. The van der Waals surface area contributed by atoms with Gasteiger partial charge < -0.3 is 44.9 Å². The number of non-ortho nitro benzene ring substituents is 1. The van der Waals surface area contributed by atoms with Crippen molar-refractivity contribution in [1.29, 1.82) is 0 Å². The standard InChI is InChI=1S/C40H67N7O10/c1-11-33-40(8,52)35(49)28(6)45(10)22-24(2)20-39(7,51)36(25(3)18-26(4)37(50)56-33)57-38-34(48)32(19-27(5)55-38)44(9)16-17-46-23-30(42-43-46)21-41-29-12-14-31(15-13-29)47(53)54/h12-15,23-28,32-36,38,41,48-49,51-52H,11,16-22H2,1-10H3/t24-,25+,26-,27-,28-,32+,33-,34-,35-,36-,38+,39-,40-/m1/s1. The van der Waals surface area contributed by atoms with Gasteiger partial charge in [-0.3, -0.25) is 24.5 Å². The number of ether oxygens (including phenoxy) is 3. The first kappa shape index (κ1) is 46.4. The van der Waals surface area contributed by atoms with Crippen molar-refractivity contribution in [1.82, 2.24) is 24.8 Å². The van der Waals surface area contributed by atoms with Gasteiger partial charge in [-0.05, 0) is 91.4 Å². The van der Waals surface area contributed by atoms with Gasteiger partial charge in [-0.15, -0.1) is 5.10 Å². The molecule has 17 nitrogen and oxygen atoms in total. The van der Waals surface area contributed by atoms with Crippen molar-refractivity contribution in [2.24, 2.45) is 17.8 Å². The lowest BCUT2D eigenvalue weighted by atomic mass is 9.79. The molecule has 17 heteroatoms. The summed E-state index contributed by atoms with van der Waals surface area (Å²) in [4.78, 5) is 28.0. The van der Waals surface area contributed by atoms with E-state index in [-0.39, 0.29) is 36.1 Å². The van der Waals surface area contributed by atoms with Gasteiger partial charge in [0.2, 0.25) is 0 Å². The Bertz CT molecular complexity index is 1590. The average molecular weight is 806 g/mol. The van der Waals surface area contributed by atoms with Gasteiger partial charge in [-0.25, -0.2) is 0 Å². The smallest absolute Gasteiger partial charge is 0.309 e. The van der Waals surface area contributed by atoms with Gasteiger partial charge >= 0.3 is 5.97 Å². The molecular formula is C40H67N7O10. The van der Waals surface area contributed by atoms with Gasteiger partial charge in [0.1, 0.15) is 29.6 Å². The molecule has 13 atom stereocenters. The molecule has 4 rings (SSSR count). The number of carbonyl (C=O) groups excluding carboxylic acids is 1. The van der Waals surface area contributed by atoms with Crippen LogP contribution in [0.2, 0.25) is 0 Å². The minimum atomic E-state index is -1.70. The largest absolute Gasteiger partial charge is 0.459 e. The van der Waals surface area contributed by atoms with Crippen molar-refractivity contribution in [2.45, 2.75) is 154 Å². The van der Waals surface area contributed by atoms with Crippen LogP contribution in [0.1, 0.15) is 86.8 Å². The number of anilines is 1. The molecule has 2 aromatic rings. The third-order valence-corrected chi connectivity index (χ3v) is 11.9. The Morgan fingerprint density at radius 1 is 1.11 bits per heavy atom. The number of benzene rings is 1. The Morgan fingerprint density at radius 3 is 2.40 bits per heavy atom. The number of nitro benzene ring substituents is 1. The van der Waals surface area contributed by atoms with E-state index in [1.54, 1.807) is 37.6 Å². The molecule has 5 N–H and O–H groups in total. The minimum absolute atomic E-state index is 0.0157. The van der Waals surface area contributed by atoms with Crippen LogP contribution >= 0.6 is 0 Å². The highest BCUT2D eigenvalue weighted by Gasteiger charge is 2.48. The van der Waals surface area contributed by atoms with Crippen molar-refractivity contribution in [2.75, 3.05) is 32.5 Å². The first-order valence-electron chi connectivity index (χ1n) is 20.2. The van der Waals surface area contributed by atoms with Crippen LogP contribution in [0, 0.1) is 27.9 Å². The number of nitrogens with zero attached hydrogens (tertiary/aromatic N) is 6. The van der Waals surface area contributed by atoms with E-state index in [1.165, 1.54) is 19.1 Å². The van der Waals surface area contributed by atoms with Crippen LogP contribution in [0.15, 0.2) is 30.5 Å². The monoisotopic (exact) mass is 805 g/mol. The fraction of sp³-hybridized carbons (Fsp3) is 0.775. The summed E-state index contributed by atoms with van der Waals surface area (Å²) in [5.74, 6) is -1.61. The zero-order chi connectivity index (χ0) is 42.4. The number of carbonyl (C=O) groups is 1. The summed E-state index contributed by atoms with van der Waals surface area (Å²) >= 11 is 0. The second kappa shape index (κ2) is 19.6. The summed E-state index contributed by atoms with van der Waals surface area (Å²) in [5.41, 5.74) is -1.68. The maximum absolute atomic E-state index is 13.5. The maximum atomic E-state index is 13.5. The fourth-order valence-electron chi connectivity index (χ4n) is 8.58. The quantitative estimate of drug-likeness (QED) is 0.125. The Labute approximate surface area is 336 Å². The molecule has 2 aliphatic heterocycles. The summed E-state index contributed by atoms with van der Waals surface area (Å²) in [6.45, 7) is 16.3. The van der Waals surface area contributed by atoms with E-state index in [1.807, 2.05) is 57.8 Å². The van der Waals surface area contributed by atoms with Crippen molar-refractivity contribution in [3.8, 4) is 0 Å². The van der Waals surface area contributed by atoms with Crippen LogP contribution in [0.5, 0.6) is 0 Å². The number of esters is 1. The topological polar surface area (TPSA) is 218 Å². The molecular weight excluding hydrogens is 738 g/mol. The number of rotatable bonds is 11. The maximum Gasteiger partial charge on any atom is 0.309 e. The second-order valence-corrected chi connectivity index (χ2v) is 17.2. The number of aliphatic hydroxyl groups is 4. The van der Waals surface area contributed by atoms with E-state index in [0.29, 0.717) is 51.1 Å². The van der Waals surface area contributed by atoms with E-state index >= 15 is 0 Å². The van der Waals surface area contributed by atoms with Crippen LogP contribution in [0.25, 0.3) is 0 Å². The molecule has 0 spiro atoms. The molecule has 57 heavy (non-hydrogen) atoms. The van der Waals surface area contributed by atoms with Crippen LogP contribution in [-0.4, -0.2) is 143 Å². The molecule has 0 radical (unpaired) electrons. The number of nitro groups is 1. The Morgan fingerprint density at radius 2 is 1.77 bits per heavy atom. The lowest BCUT2D eigenvalue weighted by Gasteiger charge is -2.46. The number of cyclic esters (lactones) is 1. The molecule has 0 aliphatic carbocycles. The molecule has 0 bridgehead atoms. The molecule has 1 aromatic carbocycles. The van der Waals surface area contributed by atoms with E-state index in [2.05, 4.69) is 15.6 Å². The fourth-order valence-corrected chi connectivity index (χ4v) is 8.58. The summed E-state index contributed by atoms with van der Waals surface area (Å²) in [7, 11) is 3.77. The van der Waals surface area contributed by atoms with Gasteiger partial charge in [0.25, 0.3) is 5.69 Å². The molecule has 1 aromatic heterocycles. The predicted octanol–water partition coefficient (Wildman–Crippen LogP) is 3.19. The van der Waals surface area contributed by atoms with Gasteiger partial charge in [0.15, 0.2) is 6.29 Å². The number of nitrogens with one attached hydrogen (secondary N) is 1. The van der Waals surface area contributed by atoms with Crippen molar-refractivity contribution < 1.29 is 44.4 Å². The highest BCUT2D eigenvalue weighted by atomic mass is 16.7. The van der Waals surface area contributed by atoms with Crippen molar-refractivity contribution >= 4 is 17.3 Å².